The van der Waals surface area contributed by atoms with Gasteiger partial charge in [0.2, 0.25) is 5.91 Å². The maximum Gasteiger partial charge on any atom is 0.243 e. The smallest absolute Gasteiger partial charge is 0.243 e. The van der Waals surface area contributed by atoms with Crippen LogP contribution in [0.3, 0.4) is 0 Å². The molecular weight excluding hydrogens is 324 g/mol. The van der Waals surface area contributed by atoms with Gasteiger partial charge < -0.3 is 15.5 Å². The van der Waals surface area contributed by atoms with Gasteiger partial charge in [-0.05, 0) is 55.7 Å². The van der Waals surface area contributed by atoms with Crippen LogP contribution in [0, 0.1) is 11.6 Å². The van der Waals surface area contributed by atoms with Gasteiger partial charge in [0.1, 0.15) is 17.3 Å². The third-order valence-corrected chi connectivity index (χ3v) is 4.27. The van der Waals surface area contributed by atoms with E-state index in [9.17, 15) is 13.6 Å². The highest BCUT2D eigenvalue weighted by atomic mass is 19.1. The number of nitrogens with zero attached hydrogens (tertiary/aromatic N) is 1. The van der Waals surface area contributed by atoms with Gasteiger partial charge in [-0.15, -0.1) is 0 Å². The highest BCUT2D eigenvalue weighted by Crippen LogP contribution is 2.22. The van der Waals surface area contributed by atoms with Gasteiger partial charge in [-0.1, -0.05) is 6.07 Å². The van der Waals surface area contributed by atoms with Gasteiger partial charge in [0.05, 0.1) is 6.54 Å². The molecule has 0 aromatic heterocycles. The van der Waals surface area contributed by atoms with E-state index in [0.29, 0.717) is 0 Å². The number of halogens is 2. The van der Waals surface area contributed by atoms with E-state index in [-0.39, 0.29) is 6.54 Å². The summed E-state index contributed by atoms with van der Waals surface area (Å²) in [5.41, 5.74) is 1.53. The van der Waals surface area contributed by atoms with Gasteiger partial charge in [-0.3, -0.25) is 4.79 Å². The fourth-order valence-electron chi connectivity index (χ4n) is 2.93. The van der Waals surface area contributed by atoms with Gasteiger partial charge >= 0.3 is 0 Å². The molecule has 1 aliphatic heterocycles. The van der Waals surface area contributed by atoms with E-state index in [0.717, 1.165) is 30.9 Å². The predicted molar refractivity (Wildman–Crippen MR) is 96.0 cm³/mol. The lowest BCUT2D eigenvalue weighted by molar-refractivity contribution is -0.114. The van der Waals surface area contributed by atoms with Crippen molar-refractivity contribution in [2.45, 2.75) is 19.3 Å². The second-order valence-electron chi connectivity index (χ2n) is 6.09. The van der Waals surface area contributed by atoms with Crippen molar-refractivity contribution in [1.29, 1.82) is 0 Å². The lowest BCUT2D eigenvalue weighted by Crippen LogP contribution is -2.29. The van der Waals surface area contributed by atoms with Crippen molar-refractivity contribution >= 4 is 23.0 Å². The molecule has 0 atom stereocenters. The number of hydrogen-bond acceptors (Lipinski definition) is 3. The zero-order chi connectivity index (χ0) is 17.6. The number of carbonyl (C=O) groups is 1. The standard InChI is InChI=1S/C19H21F2N3O/c20-16-5-4-6-17(21)19(16)23-18(25)13-22-14-7-9-15(10-8-14)24-11-2-1-3-12-24/h4-10,22H,1-3,11-13H2,(H,23,25). The number of amides is 1. The fourth-order valence-corrected chi connectivity index (χ4v) is 2.93. The van der Waals surface area contributed by atoms with E-state index in [1.165, 1.54) is 31.0 Å². The Morgan fingerprint density at radius 2 is 1.60 bits per heavy atom. The Hall–Kier alpha value is -2.63. The SMILES string of the molecule is O=C(CNc1ccc(N2CCCCC2)cc1)Nc1c(F)cccc1F. The van der Waals surface area contributed by atoms with E-state index < -0.39 is 23.2 Å². The first kappa shape index (κ1) is 17.2. The Labute approximate surface area is 145 Å². The molecule has 0 bridgehead atoms. The van der Waals surface area contributed by atoms with Crippen LogP contribution in [-0.4, -0.2) is 25.5 Å². The molecule has 1 heterocycles. The van der Waals surface area contributed by atoms with E-state index in [1.807, 2.05) is 24.3 Å². The van der Waals surface area contributed by atoms with Gasteiger partial charge in [0, 0.05) is 24.5 Å². The Kier molecular flexibility index (Phi) is 5.48. The van der Waals surface area contributed by atoms with Crippen molar-refractivity contribution in [3.05, 3.63) is 54.1 Å². The molecular formula is C19H21F2N3O. The van der Waals surface area contributed by atoms with Gasteiger partial charge in [-0.2, -0.15) is 0 Å². The molecule has 6 heteroatoms. The number of para-hydroxylation sites is 1. The van der Waals surface area contributed by atoms with Crippen LogP contribution >= 0.6 is 0 Å². The molecule has 25 heavy (non-hydrogen) atoms. The number of nitrogens with one attached hydrogen (secondary N) is 2. The van der Waals surface area contributed by atoms with Gasteiger partial charge in [-0.25, -0.2) is 8.78 Å². The molecule has 2 N–H and O–H groups in total. The number of carbonyl (C=O) groups excluding carboxylic acids is 1. The second-order valence-corrected chi connectivity index (χ2v) is 6.09. The molecule has 1 amide bonds. The van der Waals surface area contributed by atoms with Crippen LogP contribution in [0.2, 0.25) is 0 Å². The summed E-state index contributed by atoms with van der Waals surface area (Å²) in [6.07, 6.45) is 3.72. The number of anilines is 3. The lowest BCUT2D eigenvalue weighted by atomic mass is 10.1. The topological polar surface area (TPSA) is 44.4 Å². The minimum absolute atomic E-state index is 0.0726. The van der Waals surface area contributed by atoms with E-state index in [2.05, 4.69) is 15.5 Å². The first-order valence-electron chi connectivity index (χ1n) is 8.46. The quantitative estimate of drug-likeness (QED) is 0.861. The summed E-state index contributed by atoms with van der Waals surface area (Å²) in [5, 5.41) is 5.21. The first-order chi connectivity index (χ1) is 12.1. The average molecular weight is 345 g/mol. The molecule has 0 radical (unpaired) electrons. The molecule has 0 unspecified atom stereocenters. The third-order valence-electron chi connectivity index (χ3n) is 4.27. The molecule has 0 spiro atoms. The van der Waals surface area contributed by atoms with Crippen molar-refractivity contribution < 1.29 is 13.6 Å². The highest BCUT2D eigenvalue weighted by molar-refractivity contribution is 5.94. The number of rotatable bonds is 5. The molecule has 132 valence electrons. The molecule has 3 rings (SSSR count). The summed E-state index contributed by atoms with van der Waals surface area (Å²) in [6.45, 7) is 2.07. The monoisotopic (exact) mass is 345 g/mol. The molecule has 2 aromatic carbocycles. The van der Waals surface area contributed by atoms with Crippen LogP contribution in [-0.2, 0) is 4.79 Å². The molecule has 0 saturated carbocycles. The van der Waals surface area contributed by atoms with Crippen LogP contribution in [0.15, 0.2) is 42.5 Å². The van der Waals surface area contributed by atoms with E-state index in [4.69, 9.17) is 0 Å². The Balaban J connectivity index is 1.53. The molecule has 2 aromatic rings. The van der Waals surface area contributed by atoms with Crippen LogP contribution in [0.1, 0.15) is 19.3 Å². The third kappa shape index (κ3) is 4.47. The molecule has 1 saturated heterocycles. The first-order valence-corrected chi connectivity index (χ1v) is 8.46. The van der Waals surface area contributed by atoms with Crippen molar-refractivity contribution in [2.24, 2.45) is 0 Å². The second kappa shape index (κ2) is 7.96. The predicted octanol–water partition coefficient (Wildman–Crippen LogP) is 4.01. The van der Waals surface area contributed by atoms with Crippen molar-refractivity contribution in [1.82, 2.24) is 0 Å². The Morgan fingerprint density at radius 1 is 0.960 bits per heavy atom. The van der Waals surface area contributed by atoms with Gasteiger partial charge in [0.25, 0.3) is 0 Å². The minimum Gasteiger partial charge on any atom is -0.376 e. The number of piperidine rings is 1. The van der Waals surface area contributed by atoms with Crippen molar-refractivity contribution in [3.8, 4) is 0 Å². The summed E-state index contributed by atoms with van der Waals surface area (Å²) in [5.74, 6) is -2.09. The van der Waals surface area contributed by atoms with Gasteiger partial charge in [0.15, 0.2) is 0 Å². The summed E-state index contributed by atoms with van der Waals surface area (Å²) in [4.78, 5) is 14.2. The average Bonchev–Trinajstić information content (AvgIpc) is 2.64. The fraction of sp³-hybridized carbons (Fsp3) is 0.316. The van der Waals surface area contributed by atoms with Crippen LogP contribution in [0.25, 0.3) is 0 Å². The van der Waals surface area contributed by atoms with E-state index >= 15 is 0 Å². The Bertz CT molecular complexity index is 708. The molecule has 1 fully saturated rings. The largest absolute Gasteiger partial charge is 0.376 e. The van der Waals surface area contributed by atoms with Crippen LogP contribution < -0.4 is 15.5 Å². The van der Waals surface area contributed by atoms with E-state index in [1.54, 1.807) is 0 Å². The van der Waals surface area contributed by atoms with Crippen molar-refractivity contribution in [3.63, 3.8) is 0 Å². The maximum atomic E-state index is 13.5. The van der Waals surface area contributed by atoms with Crippen LogP contribution in [0.4, 0.5) is 25.8 Å². The van der Waals surface area contributed by atoms with Crippen molar-refractivity contribution in [2.75, 3.05) is 35.2 Å². The molecule has 0 aliphatic carbocycles. The van der Waals surface area contributed by atoms with Crippen LogP contribution in [0.5, 0.6) is 0 Å². The lowest BCUT2D eigenvalue weighted by Gasteiger charge is -2.28. The summed E-state index contributed by atoms with van der Waals surface area (Å²) in [7, 11) is 0. The number of hydrogen-bond donors (Lipinski definition) is 2. The normalized spacial score (nSPS) is 14.2. The minimum atomic E-state index is -0.792. The summed E-state index contributed by atoms with van der Waals surface area (Å²) >= 11 is 0. The maximum absolute atomic E-state index is 13.5. The highest BCUT2D eigenvalue weighted by Gasteiger charge is 2.12. The number of benzene rings is 2. The molecule has 4 nitrogen and oxygen atoms in total. The zero-order valence-corrected chi connectivity index (χ0v) is 13.9. The summed E-state index contributed by atoms with van der Waals surface area (Å²) < 4.78 is 27.0. The molecule has 1 aliphatic rings. The Morgan fingerprint density at radius 3 is 2.24 bits per heavy atom. The summed E-state index contributed by atoms with van der Waals surface area (Å²) in [6, 6.07) is 11.3. The zero-order valence-electron chi connectivity index (χ0n) is 13.9.